The van der Waals surface area contributed by atoms with Crippen molar-refractivity contribution in [1.82, 2.24) is 23.8 Å². The molecule has 0 atom stereocenters. The average molecular weight is 492 g/mol. The summed E-state index contributed by atoms with van der Waals surface area (Å²) in [5, 5.41) is 0. The Morgan fingerprint density at radius 2 is 1.97 bits per heavy atom. The average Bonchev–Trinajstić information content (AvgIpc) is 3.30. The number of fused-ring (bicyclic) bond motifs is 1. The third-order valence-electron chi connectivity index (χ3n) is 5.48. The van der Waals surface area contributed by atoms with E-state index in [1.165, 1.54) is 14.9 Å². The van der Waals surface area contributed by atoms with Crippen molar-refractivity contribution < 1.29 is 17.9 Å². The van der Waals surface area contributed by atoms with Crippen LogP contribution >= 0.6 is 0 Å². The second-order valence-corrected chi connectivity index (χ2v) is 9.78. The molecule has 1 saturated heterocycles. The number of rotatable bonds is 9. The van der Waals surface area contributed by atoms with Gasteiger partial charge >= 0.3 is 5.69 Å². The Kier molecular flexibility index (Phi) is 7.16. The van der Waals surface area contributed by atoms with Gasteiger partial charge in [-0.25, -0.2) is 24.0 Å². The monoisotopic (exact) mass is 491 g/mol. The number of imidazole rings is 1. The summed E-state index contributed by atoms with van der Waals surface area (Å²) in [4.78, 5) is 24.4. The van der Waals surface area contributed by atoms with Gasteiger partial charge in [0.2, 0.25) is 10.0 Å². The van der Waals surface area contributed by atoms with E-state index in [1.807, 2.05) is 13.8 Å². The zero-order valence-electron chi connectivity index (χ0n) is 19.2. The standard InChI is InChI=1S/C21H29N7O5S/c1-3-7-28-20-17(19(26-22)25-21(28)29)23-18(24-20)15-13-14(5-6-16(15)33-10-4-2)34(30,31)27-8-11-32-12-9-27/h5-6,13H,3-4,7-12,22H2,1-2H3,(H,23,24)(H,25,26,29). The number of hydrogen-bond acceptors (Lipinski definition) is 9. The fourth-order valence-corrected chi connectivity index (χ4v) is 5.25. The summed E-state index contributed by atoms with van der Waals surface area (Å²) in [6.45, 7) is 6.06. The van der Waals surface area contributed by atoms with Crippen LogP contribution in [0, 0.1) is 0 Å². The summed E-state index contributed by atoms with van der Waals surface area (Å²) in [6, 6.07) is 4.70. The smallest absolute Gasteiger partial charge is 0.351 e. The molecule has 3 aromatic rings. The van der Waals surface area contributed by atoms with E-state index in [0.29, 0.717) is 61.1 Å². The summed E-state index contributed by atoms with van der Waals surface area (Å²) in [5.74, 6) is 6.56. The second kappa shape index (κ2) is 10.1. The molecule has 0 aliphatic carbocycles. The lowest BCUT2D eigenvalue weighted by atomic mass is 10.2. The predicted octanol–water partition coefficient (Wildman–Crippen LogP) is 1.29. The van der Waals surface area contributed by atoms with E-state index < -0.39 is 15.7 Å². The summed E-state index contributed by atoms with van der Waals surface area (Å²) < 4.78 is 40.6. The number of nitrogen functional groups attached to an aromatic ring is 1. The first-order valence-electron chi connectivity index (χ1n) is 11.2. The van der Waals surface area contributed by atoms with E-state index in [-0.39, 0.29) is 23.8 Å². The minimum Gasteiger partial charge on any atom is -0.493 e. The van der Waals surface area contributed by atoms with Crippen molar-refractivity contribution >= 4 is 27.0 Å². The van der Waals surface area contributed by atoms with Crippen LogP contribution in [0.1, 0.15) is 26.7 Å². The van der Waals surface area contributed by atoms with Gasteiger partial charge in [0.1, 0.15) is 17.1 Å². The van der Waals surface area contributed by atoms with Crippen LogP contribution in [0.3, 0.4) is 0 Å². The van der Waals surface area contributed by atoms with Crippen molar-refractivity contribution in [3.63, 3.8) is 0 Å². The molecule has 4 rings (SSSR count). The van der Waals surface area contributed by atoms with Crippen LogP contribution in [0.25, 0.3) is 22.6 Å². The number of aryl methyl sites for hydroxylation is 1. The lowest BCUT2D eigenvalue weighted by Crippen LogP contribution is -2.40. The van der Waals surface area contributed by atoms with Gasteiger partial charge in [-0.05, 0) is 31.0 Å². The number of H-pyrrole nitrogens is 1. The number of nitrogens with zero attached hydrogens (tertiary/aromatic N) is 4. The topological polar surface area (TPSA) is 157 Å². The van der Waals surface area contributed by atoms with Crippen molar-refractivity contribution in [3.05, 3.63) is 28.7 Å². The minimum atomic E-state index is -3.74. The van der Waals surface area contributed by atoms with E-state index in [2.05, 4.69) is 20.4 Å². The van der Waals surface area contributed by atoms with Crippen LogP contribution in [0.4, 0.5) is 5.82 Å². The number of benzene rings is 1. The van der Waals surface area contributed by atoms with Crippen LogP contribution in [0.15, 0.2) is 27.9 Å². The molecule has 13 heteroatoms. The quantitative estimate of drug-likeness (QED) is 0.296. The Balaban J connectivity index is 1.88. The maximum Gasteiger partial charge on any atom is 0.351 e. The molecule has 2 aromatic heterocycles. The molecule has 0 spiro atoms. The molecule has 1 aliphatic rings. The zero-order valence-corrected chi connectivity index (χ0v) is 20.0. The van der Waals surface area contributed by atoms with Crippen LogP contribution in [-0.2, 0) is 21.3 Å². The van der Waals surface area contributed by atoms with Gasteiger partial charge in [0.25, 0.3) is 0 Å². The molecular weight excluding hydrogens is 462 g/mol. The van der Waals surface area contributed by atoms with E-state index in [4.69, 9.17) is 15.3 Å². The van der Waals surface area contributed by atoms with Gasteiger partial charge in [0, 0.05) is 19.6 Å². The Bertz CT molecular complexity index is 1330. The number of hydrogen-bond donors (Lipinski definition) is 3. The number of hydrazine groups is 1. The highest BCUT2D eigenvalue weighted by Crippen LogP contribution is 2.34. The molecule has 1 aliphatic heterocycles. The molecule has 34 heavy (non-hydrogen) atoms. The summed E-state index contributed by atoms with van der Waals surface area (Å²) in [6.07, 6.45) is 1.47. The van der Waals surface area contributed by atoms with Gasteiger partial charge < -0.3 is 19.9 Å². The molecule has 0 saturated carbocycles. The number of ether oxygens (including phenoxy) is 2. The van der Waals surface area contributed by atoms with E-state index >= 15 is 0 Å². The highest BCUT2D eigenvalue weighted by atomic mass is 32.2. The highest BCUT2D eigenvalue weighted by molar-refractivity contribution is 7.89. The first kappa shape index (κ1) is 24.1. The van der Waals surface area contributed by atoms with Crippen LogP contribution in [0.2, 0.25) is 0 Å². The number of aromatic nitrogens is 4. The maximum absolute atomic E-state index is 13.3. The van der Waals surface area contributed by atoms with Gasteiger partial charge in [0.15, 0.2) is 11.5 Å². The first-order chi connectivity index (χ1) is 16.4. The Hall–Kier alpha value is -3.00. The van der Waals surface area contributed by atoms with Crippen molar-refractivity contribution in [2.75, 3.05) is 38.3 Å². The third-order valence-corrected chi connectivity index (χ3v) is 7.37. The minimum absolute atomic E-state index is 0.120. The fraction of sp³-hybridized carbons (Fsp3) is 0.476. The van der Waals surface area contributed by atoms with Gasteiger partial charge in [0.05, 0.1) is 30.3 Å². The molecule has 0 bridgehead atoms. The van der Waals surface area contributed by atoms with Crippen molar-refractivity contribution in [2.24, 2.45) is 5.84 Å². The summed E-state index contributed by atoms with van der Waals surface area (Å²) >= 11 is 0. The molecular formula is C21H29N7O5S. The SMILES string of the molecule is CCCOc1ccc(S(=O)(=O)N2CCOCC2)cc1-c1nc2c([nH]1)c(NN)nc(=O)n2CCC. The van der Waals surface area contributed by atoms with Gasteiger partial charge in [-0.15, -0.1) is 0 Å². The van der Waals surface area contributed by atoms with E-state index in [9.17, 15) is 13.2 Å². The van der Waals surface area contributed by atoms with E-state index in [0.717, 1.165) is 6.42 Å². The van der Waals surface area contributed by atoms with E-state index in [1.54, 1.807) is 12.1 Å². The summed E-state index contributed by atoms with van der Waals surface area (Å²) in [5.41, 5.74) is 3.21. The van der Waals surface area contributed by atoms with Gasteiger partial charge in [-0.2, -0.15) is 9.29 Å². The Labute approximate surface area is 197 Å². The lowest BCUT2D eigenvalue weighted by Gasteiger charge is -2.26. The zero-order chi connectivity index (χ0) is 24.3. The number of nitrogens with one attached hydrogen (secondary N) is 2. The highest BCUT2D eigenvalue weighted by Gasteiger charge is 2.28. The maximum atomic E-state index is 13.3. The molecule has 0 unspecified atom stereocenters. The molecule has 184 valence electrons. The normalized spacial score (nSPS) is 15.0. The van der Waals surface area contributed by atoms with Crippen molar-refractivity contribution in [3.8, 4) is 17.1 Å². The Morgan fingerprint density at radius 3 is 2.65 bits per heavy atom. The van der Waals surface area contributed by atoms with Crippen molar-refractivity contribution in [1.29, 1.82) is 0 Å². The number of anilines is 1. The van der Waals surface area contributed by atoms with Crippen LogP contribution in [-0.4, -0.2) is 65.2 Å². The second-order valence-electron chi connectivity index (χ2n) is 7.85. The molecule has 4 N–H and O–H groups in total. The number of nitrogens with two attached hydrogens (primary N) is 1. The van der Waals surface area contributed by atoms with Crippen molar-refractivity contribution in [2.45, 2.75) is 38.1 Å². The predicted molar refractivity (Wildman–Crippen MR) is 127 cm³/mol. The van der Waals surface area contributed by atoms with Crippen LogP contribution in [0.5, 0.6) is 5.75 Å². The fourth-order valence-electron chi connectivity index (χ4n) is 3.81. The molecule has 1 fully saturated rings. The first-order valence-corrected chi connectivity index (χ1v) is 12.7. The number of morpholine rings is 1. The molecule has 0 amide bonds. The third kappa shape index (κ3) is 4.51. The largest absolute Gasteiger partial charge is 0.493 e. The van der Waals surface area contributed by atoms with Gasteiger partial charge in [-0.3, -0.25) is 4.57 Å². The summed E-state index contributed by atoms with van der Waals surface area (Å²) in [7, 11) is -3.74. The molecule has 3 heterocycles. The molecule has 12 nitrogen and oxygen atoms in total. The van der Waals surface area contributed by atoms with Gasteiger partial charge in [-0.1, -0.05) is 13.8 Å². The van der Waals surface area contributed by atoms with Crippen LogP contribution < -0.4 is 21.7 Å². The molecule has 0 radical (unpaired) electrons. The number of aromatic amines is 1. The lowest BCUT2D eigenvalue weighted by molar-refractivity contribution is 0.0730. The Morgan fingerprint density at radius 1 is 1.21 bits per heavy atom. The molecule has 1 aromatic carbocycles. The number of sulfonamides is 1.